The molecule has 0 saturated heterocycles. The standard InChI is InChI=1S/C14H12ClF3N4O/c1-22(2)8-20-12-6-19-7-13(21-12)23-9-3-4-11(15)10(5-9)14(16,17)18/h3-8H,1-2H3/b20-8+. The van der Waals surface area contributed by atoms with E-state index in [-0.39, 0.29) is 17.4 Å². The average molecular weight is 345 g/mol. The van der Waals surface area contributed by atoms with Crippen LogP contribution in [0.2, 0.25) is 5.02 Å². The molecule has 2 aromatic rings. The average Bonchev–Trinajstić information content (AvgIpc) is 2.46. The van der Waals surface area contributed by atoms with Crippen molar-refractivity contribution >= 4 is 23.8 Å². The van der Waals surface area contributed by atoms with Crippen LogP contribution in [0.5, 0.6) is 11.6 Å². The smallest absolute Gasteiger partial charge is 0.417 e. The molecule has 23 heavy (non-hydrogen) atoms. The molecule has 1 aromatic carbocycles. The van der Waals surface area contributed by atoms with Crippen molar-refractivity contribution in [2.45, 2.75) is 6.18 Å². The number of benzene rings is 1. The summed E-state index contributed by atoms with van der Waals surface area (Å²) in [7, 11) is 3.56. The Morgan fingerprint density at radius 2 is 2.00 bits per heavy atom. The van der Waals surface area contributed by atoms with Crippen molar-refractivity contribution in [3.63, 3.8) is 0 Å². The highest BCUT2D eigenvalue weighted by Crippen LogP contribution is 2.37. The normalized spacial score (nSPS) is 11.7. The number of alkyl halides is 3. The summed E-state index contributed by atoms with van der Waals surface area (Å²) in [4.78, 5) is 13.6. The van der Waals surface area contributed by atoms with E-state index in [0.29, 0.717) is 0 Å². The predicted molar refractivity (Wildman–Crippen MR) is 80.4 cm³/mol. The van der Waals surface area contributed by atoms with Crippen LogP contribution >= 0.6 is 11.6 Å². The maximum atomic E-state index is 12.8. The van der Waals surface area contributed by atoms with E-state index in [9.17, 15) is 13.2 Å². The Bertz CT molecular complexity index is 719. The highest BCUT2D eigenvalue weighted by molar-refractivity contribution is 6.31. The Balaban J connectivity index is 2.24. The fourth-order valence-corrected chi connectivity index (χ4v) is 1.75. The number of ether oxygens (including phenoxy) is 1. The fourth-order valence-electron chi connectivity index (χ4n) is 1.53. The molecule has 0 atom stereocenters. The molecule has 0 amide bonds. The van der Waals surface area contributed by atoms with Crippen molar-refractivity contribution in [3.05, 3.63) is 41.2 Å². The number of halogens is 4. The molecule has 0 saturated carbocycles. The SMILES string of the molecule is CN(C)/C=N/c1cncc(Oc2ccc(Cl)c(C(F)(F)F)c2)n1. The molecule has 0 radical (unpaired) electrons. The van der Waals surface area contributed by atoms with Crippen LogP contribution in [0.4, 0.5) is 19.0 Å². The van der Waals surface area contributed by atoms with Gasteiger partial charge in [0.25, 0.3) is 0 Å². The van der Waals surface area contributed by atoms with Gasteiger partial charge in [0.1, 0.15) is 5.75 Å². The molecule has 0 N–H and O–H groups in total. The summed E-state index contributed by atoms with van der Waals surface area (Å²) in [5, 5.41) is -0.403. The molecule has 0 unspecified atom stereocenters. The van der Waals surface area contributed by atoms with E-state index in [4.69, 9.17) is 16.3 Å². The largest absolute Gasteiger partial charge is 0.437 e. The first-order valence-corrected chi connectivity index (χ1v) is 6.71. The Morgan fingerprint density at radius 1 is 1.26 bits per heavy atom. The fraction of sp³-hybridized carbons (Fsp3) is 0.214. The van der Waals surface area contributed by atoms with Crippen LogP contribution in [0.15, 0.2) is 35.6 Å². The molecule has 1 aromatic heterocycles. The molecule has 9 heteroatoms. The van der Waals surface area contributed by atoms with Crippen molar-refractivity contribution in [1.29, 1.82) is 0 Å². The summed E-state index contributed by atoms with van der Waals surface area (Å²) in [6.45, 7) is 0. The highest BCUT2D eigenvalue weighted by Gasteiger charge is 2.33. The number of nitrogens with zero attached hydrogens (tertiary/aromatic N) is 4. The van der Waals surface area contributed by atoms with Gasteiger partial charge in [0.05, 0.1) is 29.3 Å². The molecular weight excluding hydrogens is 333 g/mol. The zero-order valence-corrected chi connectivity index (χ0v) is 12.9. The Kier molecular flexibility index (Phi) is 5.05. The maximum Gasteiger partial charge on any atom is 0.417 e. The van der Waals surface area contributed by atoms with Gasteiger partial charge in [0.15, 0.2) is 5.82 Å². The van der Waals surface area contributed by atoms with Crippen molar-refractivity contribution in [3.8, 4) is 11.6 Å². The van der Waals surface area contributed by atoms with Crippen LogP contribution in [0.25, 0.3) is 0 Å². The topological polar surface area (TPSA) is 50.6 Å². The summed E-state index contributed by atoms with van der Waals surface area (Å²) in [6, 6.07) is 3.23. The van der Waals surface area contributed by atoms with Gasteiger partial charge >= 0.3 is 6.18 Å². The second-order valence-electron chi connectivity index (χ2n) is 4.67. The molecule has 122 valence electrons. The number of aliphatic imine (C=N–C) groups is 1. The lowest BCUT2D eigenvalue weighted by molar-refractivity contribution is -0.137. The van der Waals surface area contributed by atoms with Gasteiger partial charge in [-0.1, -0.05) is 11.6 Å². The Labute approximate surface area is 135 Å². The minimum absolute atomic E-state index is 0.0221. The van der Waals surface area contributed by atoms with Crippen molar-refractivity contribution in [2.75, 3.05) is 14.1 Å². The minimum Gasteiger partial charge on any atom is -0.437 e. The van der Waals surface area contributed by atoms with Crippen molar-refractivity contribution in [1.82, 2.24) is 14.9 Å². The third-order valence-electron chi connectivity index (χ3n) is 2.49. The van der Waals surface area contributed by atoms with Gasteiger partial charge in [-0.2, -0.15) is 18.2 Å². The summed E-state index contributed by atoms with van der Waals surface area (Å²) >= 11 is 5.55. The lowest BCUT2D eigenvalue weighted by Gasteiger charge is -2.11. The molecule has 2 rings (SSSR count). The van der Waals surface area contributed by atoms with E-state index >= 15 is 0 Å². The van der Waals surface area contributed by atoms with Crippen LogP contribution in [0.3, 0.4) is 0 Å². The van der Waals surface area contributed by atoms with E-state index in [1.165, 1.54) is 24.8 Å². The number of rotatable bonds is 4. The van der Waals surface area contributed by atoms with Crippen LogP contribution < -0.4 is 4.74 Å². The monoisotopic (exact) mass is 344 g/mol. The zero-order chi connectivity index (χ0) is 17.0. The first-order valence-electron chi connectivity index (χ1n) is 6.33. The van der Waals surface area contributed by atoms with Crippen LogP contribution in [-0.4, -0.2) is 35.3 Å². The van der Waals surface area contributed by atoms with Crippen LogP contribution in [-0.2, 0) is 6.18 Å². The molecule has 0 aliphatic rings. The van der Waals surface area contributed by atoms with Crippen molar-refractivity contribution < 1.29 is 17.9 Å². The molecule has 0 bridgehead atoms. The summed E-state index contributed by atoms with van der Waals surface area (Å²) in [5.41, 5.74) is -0.980. The summed E-state index contributed by atoms with van der Waals surface area (Å²) in [6.07, 6.45) is -0.385. The van der Waals surface area contributed by atoms with E-state index in [2.05, 4.69) is 15.0 Å². The number of hydrogen-bond donors (Lipinski definition) is 0. The zero-order valence-electron chi connectivity index (χ0n) is 12.2. The molecule has 0 spiro atoms. The van der Waals surface area contributed by atoms with Gasteiger partial charge in [-0.05, 0) is 18.2 Å². The van der Waals surface area contributed by atoms with Gasteiger partial charge in [-0.25, -0.2) is 4.99 Å². The van der Waals surface area contributed by atoms with E-state index in [1.54, 1.807) is 19.0 Å². The van der Waals surface area contributed by atoms with E-state index < -0.39 is 16.8 Å². The van der Waals surface area contributed by atoms with Gasteiger partial charge in [-0.15, -0.1) is 0 Å². The molecule has 1 heterocycles. The highest BCUT2D eigenvalue weighted by atomic mass is 35.5. The molecular formula is C14H12ClF3N4O. The lowest BCUT2D eigenvalue weighted by Crippen LogP contribution is -2.07. The molecule has 0 aliphatic heterocycles. The third kappa shape index (κ3) is 4.82. The first-order chi connectivity index (χ1) is 10.8. The Hall–Kier alpha value is -2.35. The number of hydrogen-bond acceptors (Lipinski definition) is 4. The Morgan fingerprint density at radius 3 is 2.65 bits per heavy atom. The van der Waals surface area contributed by atoms with Crippen LogP contribution in [0, 0.1) is 0 Å². The number of aromatic nitrogens is 2. The van der Waals surface area contributed by atoms with E-state index in [1.807, 2.05) is 0 Å². The van der Waals surface area contributed by atoms with Crippen LogP contribution in [0.1, 0.15) is 5.56 Å². The van der Waals surface area contributed by atoms with Gasteiger partial charge in [0, 0.05) is 14.1 Å². The van der Waals surface area contributed by atoms with Gasteiger partial charge in [0.2, 0.25) is 5.88 Å². The summed E-state index contributed by atoms with van der Waals surface area (Å²) in [5.74, 6) is 0.236. The maximum absolute atomic E-state index is 12.8. The van der Waals surface area contributed by atoms with Crippen molar-refractivity contribution in [2.24, 2.45) is 4.99 Å². The predicted octanol–water partition coefficient (Wildman–Crippen LogP) is 4.16. The molecule has 0 fully saturated rings. The van der Waals surface area contributed by atoms with E-state index in [0.717, 1.165) is 12.1 Å². The second-order valence-corrected chi connectivity index (χ2v) is 5.07. The van der Waals surface area contributed by atoms with Gasteiger partial charge < -0.3 is 9.64 Å². The van der Waals surface area contributed by atoms with Gasteiger partial charge in [-0.3, -0.25) is 4.98 Å². The summed E-state index contributed by atoms with van der Waals surface area (Å²) < 4.78 is 43.7. The quantitative estimate of drug-likeness (QED) is 0.617. The lowest BCUT2D eigenvalue weighted by atomic mass is 10.2. The molecule has 5 nitrogen and oxygen atoms in total. The molecule has 0 aliphatic carbocycles. The first kappa shape index (κ1) is 17.0. The second kappa shape index (κ2) is 6.82. The third-order valence-corrected chi connectivity index (χ3v) is 2.82. The minimum atomic E-state index is -4.57.